The number of aliphatic imine (C=N–C) groups is 1. The van der Waals surface area contributed by atoms with Crippen molar-refractivity contribution >= 4 is 5.96 Å². The minimum atomic E-state index is 0.588. The number of likely N-dealkylation sites (N-methyl/N-ethyl adjacent to an activating group) is 1. The van der Waals surface area contributed by atoms with Crippen molar-refractivity contribution in [3.8, 4) is 5.75 Å². The third kappa shape index (κ3) is 8.23. The minimum Gasteiger partial charge on any atom is -0.492 e. The van der Waals surface area contributed by atoms with E-state index < -0.39 is 0 Å². The number of hydrogen-bond acceptors (Lipinski definition) is 4. The number of nitrogens with one attached hydrogen (secondary N) is 2. The smallest absolute Gasteiger partial charge is 0.191 e. The fourth-order valence-electron chi connectivity index (χ4n) is 3.66. The molecule has 2 aromatic carbocycles. The molecule has 2 aromatic rings. The van der Waals surface area contributed by atoms with E-state index in [0.29, 0.717) is 13.2 Å². The SMILES string of the molecule is CN=C(NCCOc1ccc(C)cc1)NCc1ccc(CN2CCCN(C)CC2)cc1. The molecule has 0 radical (unpaired) electrons. The fraction of sp³-hybridized carbons (Fsp3) is 0.480. The molecule has 31 heavy (non-hydrogen) atoms. The minimum absolute atomic E-state index is 0.588. The van der Waals surface area contributed by atoms with Crippen molar-refractivity contribution < 1.29 is 4.74 Å². The summed E-state index contributed by atoms with van der Waals surface area (Å²) in [6, 6.07) is 17.0. The highest BCUT2D eigenvalue weighted by atomic mass is 16.5. The van der Waals surface area contributed by atoms with Gasteiger partial charge in [0, 0.05) is 33.2 Å². The molecule has 6 heteroatoms. The second kappa shape index (κ2) is 12.3. The first-order valence-corrected chi connectivity index (χ1v) is 11.2. The molecule has 1 aliphatic rings. The predicted octanol–water partition coefficient (Wildman–Crippen LogP) is 2.88. The zero-order valence-electron chi connectivity index (χ0n) is 19.2. The highest BCUT2D eigenvalue weighted by molar-refractivity contribution is 5.79. The van der Waals surface area contributed by atoms with E-state index in [4.69, 9.17) is 4.74 Å². The summed E-state index contributed by atoms with van der Waals surface area (Å²) in [4.78, 5) is 9.28. The number of benzene rings is 2. The molecule has 1 heterocycles. The Bertz CT molecular complexity index is 804. The van der Waals surface area contributed by atoms with Crippen LogP contribution >= 0.6 is 0 Å². The Morgan fingerprint density at radius 3 is 2.42 bits per heavy atom. The van der Waals surface area contributed by atoms with Gasteiger partial charge in [0.2, 0.25) is 0 Å². The second-order valence-corrected chi connectivity index (χ2v) is 8.26. The van der Waals surface area contributed by atoms with Crippen molar-refractivity contribution in [3.63, 3.8) is 0 Å². The Hall–Kier alpha value is -2.57. The van der Waals surface area contributed by atoms with Gasteiger partial charge in [0.05, 0.1) is 6.54 Å². The molecule has 1 fully saturated rings. The number of ether oxygens (including phenoxy) is 1. The summed E-state index contributed by atoms with van der Waals surface area (Å²) in [7, 11) is 4.00. The third-order valence-electron chi connectivity index (χ3n) is 5.61. The van der Waals surface area contributed by atoms with Gasteiger partial charge in [-0.1, -0.05) is 42.0 Å². The van der Waals surface area contributed by atoms with Crippen molar-refractivity contribution in [3.05, 3.63) is 65.2 Å². The molecular formula is C25H37N5O. The number of aryl methyl sites for hydroxylation is 1. The number of nitrogens with zero attached hydrogens (tertiary/aromatic N) is 3. The highest BCUT2D eigenvalue weighted by Crippen LogP contribution is 2.11. The van der Waals surface area contributed by atoms with Crippen LogP contribution in [0.4, 0.5) is 0 Å². The van der Waals surface area contributed by atoms with Crippen LogP contribution in [-0.4, -0.2) is 69.2 Å². The van der Waals surface area contributed by atoms with Crippen LogP contribution in [0, 0.1) is 6.92 Å². The van der Waals surface area contributed by atoms with Crippen molar-refractivity contribution in [1.82, 2.24) is 20.4 Å². The van der Waals surface area contributed by atoms with Crippen LogP contribution in [0.2, 0.25) is 0 Å². The van der Waals surface area contributed by atoms with E-state index in [-0.39, 0.29) is 0 Å². The fourth-order valence-corrected chi connectivity index (χ4v) is 3.66. The topological polar surface area (TPSA) is 52.1 Å². The summed E-state index contributed by atoms with van der Waals surface area (Å²) < 4.78 is 5.76. The molecule has 0 spiro atoms. The van der Waals surface area contributed by atoms with Gasteiger partial charge in [-0.2, -0.15) is 0 Å². The summed E-state index contributed by atoms with van der Waals surface area (Å²) in [5.74, 6) is 1.67. The summed E-state index contributed by atoms with van der Waals surface area (Å²) in [5, 5.41) is 6.67. The molecule has 1 saturated heterocycles. The van der Waals surface area contributed by atoms with Crippen molar-refractivity contribution in [2.75, 3.05) is 53.4 Å². The first kappa shape index (κ1) is 23.1. The van der Waals surface area contributed by atoms with Crippen LogP contribution in [0.1, 0.15) is 23.1 Å². The van der Waals surface area contributed by atoms with Gasteiger partial charge in [-0.25, -0.2) is 0 Å². The van der Waals surface area contributed by atoms with Gasteiger partial charge in [0.25, 0.3) is 0 Å². The number of hydrogen-bond donors (Lipinski definition) is 2. The molecule has 0 bridgehead atoms. The van der Waals surface area contributed by atoms with Crippen LogP contribution in [0.15, 0.2) is 53.5 Å². The zero-order valence-corrected chi connectivity index (χ0v) is 19.2. The normalized spacial score (nSPS) is 16.0. The van der Waals surface area contributed by atoms with E-state index in [9.17, 15) is 0 Å². The summed E-state index contributed by atoms with van der Waals surface area (Å²) in [5.41, 5.74) is 3.86. The second-order valence-electron chi connectivity index (χ2n) is 8.26. The van der Waals surface area contributed by atoms with Crippen molar-refractivity contribution in [1.29, 1.82) is 0 Å². The Kier molecular flexibility index (Phi) is 9.18. The maximum atomic E-state index is 5.76. The standard InChI is InChI=1S/C25H37N5O/c1-21-5-11-24(12-6-21)31-18-13-27-25(26-2)28-19-22-7-9-23(10-8-22)20-30-15-4-14-29(3)16-17-30/h5-12H,4,13-20H2,1-3H3,(H2,26,27,28). The molecule has 6 nitrogen and oxygen atoms in total. The summed E-state index contributed by atoms with van der Waals surface area (Å²) >= 11 is 0. The summed E-state index contributed by atoms with van der Waals surface area (Å²) in [6.07, 6.45) is 1.25. The van der Waals surface area contributed by atoms with E-state index in [1.807, 2.05) is 12.1 Å². The van der Waals surface area contributed by atoms with Gasteiger partial charge in [0.1, 0.15) is 12.4 Å². The first-order valence-electron chi connectivity index (χ1n) is 11.2. The van der Waals surface area contributed by atoms with Crippen LogP contribution in [0.3, 0.4) is 0 Å². The third-order valence-corrected chi connectivity index (χ3v) is 5.61. The molecule has 2 N–H and O–H groups in total. The van der Waals surface area contributed by atoms with Crippen LogP contribution < -0.4 is 15.4 Å². The lowest BCUT2D eigenvalue weighted by Crippen LogP contribution is -2.38. The van der Waals surface area contributed by atoms with Gasteiger partial charge < -0.3 is 20.3 Å². The molecule has 0 aromatic heterocycles. The molecule has 0 saturated carbocycles. The Morgan fingerprint density at radius 1 is 0.935 bits per heavy atom. The molecule has 0 atom stereocenters. The van der Waals surface area contributed by atoms with Crippen molar-refractivity contribution in [2.45, 2.75) is 26.4 Å². The molecular weight excluding hydrogens is 386 g/mol. The van der Waals surface area contributed by atoms with Crippen LogP contribution in [0.25, 0.3) is 0 Å². The first-order chi connectivity index (χ1) is 15.1. The predicted molar refractivity (Wildman–Crippen MR) is 129 cm³/mol. The van der Waals surface area contributed by atoms with Crippen molar-refractivity contribution in [2.24, 2.45) is 4.99 Å². The molecule has 0 unspecified atom stereocenters. The van der Waals surface area contributed by atoms with E-state index in [2.05, 4.69) is 75.8 Å². The Labute approximate surface area is 187 Å². The average molecular weight is 424 g/mol. The molecule has 1 aliphatic heterocycles. The van der Waals surface area contributed by atoms with Crippen LogP contribution in [0.5, 0.6) is 5.75 Å². The van der Waals surface area contributed by atoms with E-state index in [1.54, 1.807) is 7.05 Å². The Balaban J connectivity index is 1.36. The van der Waals surface area contributed by atoms with Crippen LogP contribution in [-0.2, 0) is 13.1 Å². The van der Waals surface area contributed by atoms with E-state index in [1.165, 1.54) is 36.2 Å². The largest absolute Gasteiger partial charge is 0.492 e. The molecule has 0 aliphatic carbocycles. The van der Waals surface area contributed by atoms with Gasteiger partial charge in [-0.05, 0) is 56.7 Å². The Morgan fingerprint density at radius 2 is 1.68 bits per heavy atom. The van der Waals surface area contributed by atoms with Gasteiger partial charge >= 0.3 is 0 Å². The maximum absolute atomic E-state index is 5.76. The summed E-state index contributed by atoms with van der Waals surface area (Å²) in [6.45, 7) is 9.82. The average Bonchev–Trinajstić information content (AvgIpc) is 2.99. The van der Waals surface area contributed by atoms with E-state index in [0.717, 1.165) is 37.9 Å². The quantitative estimate of drug-likeness (QED) is 0.389. The highest BCUT2D eigenvalue weighted by Gasteiger charge is 2.12. The lowest BCUT2D eigenvalue weighted by Gasteiger charge is -2.20. The molecule has 0 amide bonds. The van der Waals surface area contributed by atoms with Gasteiger partial charge in [-0.3, -0.25) is 9.89 Å². The van der Waals surface area contributed by atoms with Gasteiger partial charge in [-0.15, -0.1) is 0 Å². The van der Waals surface area contributed by atoms with Gasteiger partial charge in [0.15, 0.2) is 5.96 Å². The van der Waals surface area contributed by atoms with E-state index >= 15 is 0 Å². The number of guanidine groups is 1. The lowest BCUT2D eigenvalue weighted by molar-refractivity contribution is 0.269. The lowest BCUT2D eigenvalue weighted by atomic mass is 10.1. The molecule has 168 valence electrons. The monoisotopic (exact) mass is 423 g/mol. The molecule has 3 rings (SSSR count). The zero-order chi connectivity index (χ0) is 21.9. The number of rotatable bonds is 8. The maximum Gasteiger partial charge on any atom is 0.191 e.